The van der Waals surface area contributed by atoms with E-state index in [0.717, 1.165) is 32.6 Å². The molecule has 2 aliphatic heterocycles. The van der Waals surface area contributed by atoms with Gasteiger partial charge in [-0.05, 0) is 6.42 Å². The zero-order valence-corrected chi connectivity index (χ0v) is 10.5. The maximum Gasteiger partial charge on any atom is 0.309 e. The molecule has 2 unspecified atom stereocenters. The minimum Gasteiger partial charge on any atom is -0.469 e. The highest BCUT2D eigenvalue weighted by Crippen LogP contribution is 2.23. The molecule has 2 fully saturated rings. The third kappa shape index (κ3) is 2.60. The monoisotopic (exact) mass is 240 g/mol. The van der Waals surface area contributed by atoms with E-state index in [4.69, 9.17) is 4.74 Å². The molecule has 0 saturated carbocycles. The fourth-order valence-electron chi connectivity index (χ4n) is 2.76. The summed E-state index contributed by atoms with van der Waals surface area (Å²) in [6.07, 6.45) is 1.65. The molecule has 0 radical (unpaired) electrons. The lowest BCUT2D eigenvalue weighted by molar-refractivity contribution is -0.146. The molecule has 5 heteroatoms. The molecular weight excluding hydrogens is 220 g/mol. The normalized spacial score (nSPS) is 26.8. The van der Waals surface area contributed by atoms with Crippen LogP contribution in [0.15, 0.2) is 0 Å². The van der Waals surface area contributed by atoms with Crippen LogP contribution in [-0.2, 0) is 14.3 Å². The lowest BCUT2D eigenvalue weighted by Crippen LogP contribution is -2.52. The number of fused-ring (bicyclic) bond motifs is 1. The molecule has 2 saturated heterocycles. The molecular formula is C12H20N2O3. The molecule has 0 aromatic carbocycles. The summed E-state index contributed by atoms with van der Waals surface area (Å²) in [6, 6.07) is 0.362. The lowest BCUT2D eigenvalue weighted by atomic mass is 10.1. The van der Waals surface area contributed by atoms with Crippen LogP contribution >= 0.6 is 0 Å². The Morgan fingerprint density at radius 1 is 1.53 bits per heavy atom. The first-order valence-corrected chi connectivity index (χ1v) is 6.21. The summed E-state index contributed by atoms with van der Waals surface area (Å²) in [5.41, 5.74) is 0. The first-order valence-electron chi connectivity index (χ1n) is 6.21. The highest BCUT2D eigenvalue weighted by Gasteiger charge is 2.35. The molecule has 0 aromatic heterocycles. The topological polar surface area (TPSA) is 49.9 Å². The van der Waals surface area contributed by atoms with E-state index in [2.05, 4.69) is 4.90 Å². The Balaban J connectivity index is 1.85. The molecule has 96 valence electrons. The maximum atomic E-state index is 11.5. The van der Waals surface area contributed by atoms with Gasteiger partial charge in [0.2, 0.25) is 5.91 Å². The van der Waals surface area contributed by atoms with Gasteiger partial charge in [0.05, 0.1) is 13.0 Å². The summed E-state index contributed by atoms with van der Waals surface area (Å²) in [5.74, 6) is 0.0363. The van der Waals surface area contributed by atoms with Crippen molar-refractivity contribution in [3.05, 3.63) is 0 Å². The first kappa shape index (κ1) is 12.4. The van der Waals surface area contributed by atoms with Crippen LogP contribution in [0.3, 0.4) is 0 Å². The summed E-state index contributed by atoms with van der Waals surface area (Å²) in [4.78, 5) is 27.1. The highest BCUT2D eigenvalue weighted by atomic mass is 16.5. The average molecular weight is 240 g/mol. The van der Waals surface area contributed by atoms with Crippen LogP contribution in [0, 0.1) is 5.92 Å². The van der Waals surface area contributed by atoms with E-state index >= 15 is 0 Å². The molecule has 2 aliphatic rings. The summed E-state index contributed by atoms with van der Waals surface area (Å²) in [7, 11) is 1.42. The van der Waals surface area contributed by atoms with Crippen molar-refractivity contribution in [2.75, 3.05) is 33.3 Å². The predicted octanol–water partition coefficient (Wildman–Crippen LogP) is 0.102. The van der Waals surface area contributed by atoms with E-state index in [-0.39, 0.29) is 17.8 Å². The van der Waals surface area contributed by atoms with Gasteiger partial charge in [-0.25, -0.2) is 0 Å². The number of esters is 1. The number of hydrogen-bond acceptors (Lipinski definition) is 4. The fourth-order valence-corrected chi connectivity index (χ4v) is 2.76. The number of piperazine rings is 1. The van der Waals surface area contributed by atoms with Crippen molar-refractivity contribution in [1.82, 2.24) is 9.80 Å². The quantitative estimate of drug-likeness (QED) is 0.657. The minimum absolute atomic E-state index is 0.0938. The van der Waals surface area contributed by atoms with Crippen molar-refractivity contribution < 1.29 is 14.3 Å². The largest absolute Gasteiger partial charge is 0.469 e. The van der Waals surface area contributed by atoms with Gasteiger partial charge < -0.3 is 9.64 Å². The number of ether oxygens (including phenoxy) is 1. The molecule has 0 aromatic rings. The number of carbonyl (C=O) groups is 2. The van der Waals surface area contributed by atoms with Gasteiger partial charge in [-0.15, -0.1) is 0 Å². The number of amides is 1. The minimum atomic E-state index is -0.157. The molecule has 2 rings (SSSR count). The van der Waals surface area contributed by atoms with Gasteiger partial charge in [-0.1, -0.05) is 6.92 Å². The van der Waals surface area contributed by atoms with Crippen LogP contribution in [0.2, 0.25) is 0 Å². The van der Waals surface area contributed by atoms with E-state index in [0.29, 0.717) is 12.5 Å². The zero-order valence-electron chi connectivity index (χ0n) is 10.5. The van der Waals surface area contributed by atoms with Crippen molar-refractivity contribution in [1.29, 1.82) is 0 Å². The Kier molecular flexibility index (Phi) is 3.66. The third-order valence-corrected chi connectivity index (χ3v) is 3.71. The van der Waals surface area contributed by atoms with Gasteiger partial charge in [-0.2, -0.15) is 0 Å². The first-order chi connectivity index (χ1) is 8.11. The van der Waals surface area contributed by atoms with Crippen LogP contribution < -0.4 is 0 Å². The average Bonchev–Trinajstić information content (AvgIpc) is 2.69. The van der Waals surface area contributed by atoms with Crippen molar-refractivity contribution in [3.8, 4) is 0 Å². The van der Waals surface area contributed by atoms with Crippen molar-refractivity contribution in [2.24, 2.45) is 5.92 Å². The molecule has 2 atom stereocenters. The van der Waals surface area contributed by atoms with Gasteiger partial charge in [0, 0.05) is 38.6 Å². The smallest absolute Gasteiger partial charge is 0.309 e. The standard InChI is InChI=1S/C12H20N2O3/c1-9(12(16)17-2)7-13-5-6-14-10(8-13)3-4-11(14)15/h9-10H,3-8H2,1-2H3. The number of carbonyl (C=O) groups excluding carboxylic acids is 2. The molecule has 0 bridgehead atoms. The van der Waals surface area contributed by atoms with E-state index in [1.54, 1.807) is 0 Å². The summed E-state index contributed by atoms with van der Waals surface area (Å²) in [5, 5.41) is 0. The Morgan fingerprint density at radius 3 is 3.00 bits per heavy atom. The second-order valence-corrected chi connectivity index (χ2v) is 4.96. The maximum absolute atomic E-state index is 11.5. The SMILES string of the molecule is COC(=O)C(C)CN1CCN2C(=O)CCC2C1. The van der Waals surface area contributed by atoms with Crippen molar-refractivity contribution >= 4 is 11.9 Å². The molecule has 5 nitrogen and oxygen atoms in total. The van der Waals surface area contributed by atoms with Gasteiger partial charge in [0.15, 0.2) is 0 Å². The highest BCUT2D eigenvalue weighted by molar-refractivity contribution is 5.79. The van der Waals surface area contributed by atoms with E-state index < -0.39 is 0 Å². The van der Waals surface area contributed by atoms with Crippen molar-refractivity contribution in [2.45, 2.75) is 25.8 Å². The summed E-state index contributed by atoms with van der Waals surface area (Å²) < 4.78 is 4.73. The second-order valence-electron chi connectivity index (χ2n) is 4.96. The van der Waals surface area contributed by atoms with Gasteiger partial charge in [0.1, 0.15) is 0 Å². The van der Waals surface area contributed by atoms with Crippen LogP contribution in [0.4, 0.5) is 0 Å². The molecule has 0 spiro atoms. The van der Waals surface area contributed by atoms with Gasteiger partial charge >= 0.3 is 5.97 Å². The van der Waals surface area contributed by atoms with Crippen LogP contribution in [0.1, 0.15) is 19.8 Å². The zero-order chi connectivity index (χ0) is 12.4. The fraction of sp³-hybridized carbons (Fsp3) is 0.833. The van der Waals surface area contributed by atoms with E-state index in [1.165, 1.54) is 7.11 Å². The number of rotatable bonds is 3. The molecule has 0 aliphatic carbocycles. The van der Waals surface area contributed by atoms with Crippen molar-refractivity contribution in [3.63, 3.8) is 0 Å². The predicted molar refractivity (Wildman–Crippen MR) is 62.4 cm³/mol. The van der Waals surface area contributed by atoms with Crippen LogP contribution in [0.25, 0.3) is 0 Å². The van der Waals surface area contributed by atoms with Crippen LogP contribution in [-0.4, -0.2) is 61.0 Å². The molecule has 1 amide bonds. The molecule has 2 heterocycles. The second kappa shape index (κ2) is 5.04. The Morgan fingerprint density at radius 2 is 2.29 bits per heavy atom. The number of methoxy groups -OCH3 is 1. The Bertz CT molecular complexity index is 319. The third-order valence-electron chi connectivity index (χ3n) is 3.71. The Hall–Kier alpha value is -1.10. The van der Waals surface area contributed by atoms with E-state index in [9.17, 15) is 9.59 Å². The number of hydrogen-bond donors (Lipinski definition) is 0. The van der Waals surface area contributed by atoms with Gasteiger partial charge in [-0.3, -0.25) is 14.5 Å². The molecule has 17 heavy (non-hydrogen) atoms. The van der Waals surface area contributed by atoms with E-state index in [1.807, 2.05) is 11.8 Å². The summed E-state index contributed by atoms with van der Waals surface area (Å²) in [6.45, 7) is 5.18. The summed E-state index contributed by atoms with van der Waals surface area (Å²) >= 11 is 0. The van der Waals surface area contributed by atoms with Crippen LogP contribution in [0.5, 0.6) is 0 Å². The van der Waals surface area contributed by atoms with Gasteiger partial charge in [0.25, 0.3) is 0 Å². The molecule has 0 N–H and O–H groups in total. The lowest BCUT2D eigenvalue weighted by Gasteiger charge is -2.38. The number of nitrogens with zero attached hydrogens (tertiary/aromatic N) is 2. The Labute approximate surface area is 102 Å².